The Kier molecular flexibility index (Phi) is 6.10. The van der Waals surface area contributed by atoms with Gasteiger partial charge in [-0.05, 0) is 50.7 Å². The fourth-order valence-corrected chi connectivity index (χ4v) is 3.97. The molecule has 0 saturated heterocycles. The molecule has 6 nitrogen and oxygen atoms in total. The Morgan fingerprint density at radius 2 is 1.75 bits per heavy atom. The molecule has 4 aromatic rings. The molecule has 32 heavy (non-hydrogen) atoms. The number of aromatic nitrogens is 4. The van der Waals surface area contributed by atoms with Gasteiger partial charge >= 0.3 is 0 Å². The first-order chi connectivity index (χ1) is 15.4. The van der Waals surface area contributed by atoms with Crippen molar-refractivity contribution in [3.8, 4) is 22.7 Å². The summed E-state index contributed by atoms with van der Waals surface area (Å²) in [7, 11) is 5.46. The Hall–Kier alpha value is -3.45. The van der Waals surface area contributed by atoms with Crippen LogP contribution in [0.1, 0.15) is 22.4 Å². The lowest BCUT2D eigenvalue weighted by atomic mass is 10.1. The highest BCUT2D eigenvalue weighted by Crippen LogP contribution is 2.29. The van der Waals surface area contributed by atoms with Gasteiger partial charge in [0.2, 0.25) is 0 Å². The molecule has 0 N–H and O–H groups in total. The largest absolute Gasteiger partial charge is 0.494 e. The average molecular weight is 434 g/mol. The second kappa shape index (κ2) is 8.96. The third-order valence-electron chi connectivity index (χ3n) is 5.57. The molecule has 0 saturated carbocycles. The number of hydrogen-bond acceptors (Lipinski definition) is 4. The Morgan fingerprint density at radius 3 is 2.41 bits per heavy atom. The maximum absolute atomic E-state index is 14.5. The van der Waals surface area contributed by atoms with E-state index < -0.39 is 5.82 Å². The van der Waals surface area contributed by atoms with E-state index in [2.05, 4.69) is 30.0 Å². The summed E-state index contributed by atoms with van der Waals surface area (Å²) in [5.41, 5.74) is 6.81. The zero-order valence-corrected chi connectivity index (χ0v) is 19.1. The summed E-state index contributed by atoms with van der Waals surface area (Å²) in [4.78, 5) is 2.21. The second-order valence-corrected chi connectivity index (χ2v) is 8.17. The van der Waals surface area contributed by atoms with Crippen molar-refractivity contribution in [2.24, 2.45) is 7.05 Å². The summed E-state index contributed by atoms with van der Waals surface area (Å²) in [6, 6.07) is 13.1. The van der Waals surface area contributed by atoms with Crippen LogP contribution >= 0.6 is 0 Å². The third-order valence-corrected chi connectivity index (χ3v) is 5.57. The maximum atomic E-state index is 14.5. The van der Waals surface area contributed by atoms with Gasteiger partial charge in [-0.15, -0.1) is 0 Å². The lowest BCUT2D eigenvalue weighted by Gasteiger charge is -2.16. The predicted octanol–water partition coefficient (Wildman–Crippen LogP) is 4.67. The van der Waals surface area contributed by atoms with Crippen molar-refractivity contribution in [1.29, 1.82) is 0 Å². The summed E-state index contributed by atoms with van der Waals surface area (Å²) in [6.45, 7) is 5.49. The summed E-state index contributed by atoms with van der Waals surface area (Å²) >= 11 is 0. The zero-order valence-electron chi connectivity index (χ0n) is 19.1. The number of rotatable bonds is 7. The number of ether oxygens (including phenoxy) is 1. The van der Waals surface area contributed by atoms with Crippen LogP contribution in [0.2, 0.25) is 0 Å². The van der Waals surface area contributed by atoms with Crippen molar-refractivity contribution in [1.82, 2.24) is 24.5 Å². The van der Waals surface area contributed by atoms with Gasteiger partial charge in [-0.25, -0.2) is 9.07 Å². The molecule has 0 spiro atoms. The molecule has 0 fully saturated rings. The second-order valence-electron chi connectivity index (χ2n) is 8.17. The van der Waals surface area contributed by atoms with Gasteiger partial charge in [-0.2, -0.15) is 10.2 Å². The van der Waals surface area contributed by atoms with Crippen LogP contribution in [-0.4, -0.2) is 38.6 Å². The quantitative estimate of drug-likeness (QED) is 0.425. The van der Waals surface area contributed by atoms with E-state index in [-0.39, 0.29) is 5.75 Å². The van der Waals surface area contributed by atoms with Gasteiger partial charge in [-0.3, -0.25) is 9.58 Å². The molecule has 2 heterocycles. The number of para-hydroxylation sites is 1. The van der Waals surface area contributed by atoms with E-state index in [1.165, 1.54) is 18.7 Å². The Labute approximate surface area is 187 Å². The Balaban J connectivity index is 1.71. The maximum Gasteiger partial charge on any atom is 0.165 e. The normalized spacial score (nSPS) is 11.3. The number of benzene rings is 2. The molecular formula is C25H28FN5O. The molecule has 2 aromatic heterocycles. The van der Waals surface area contributed by atoms with E-state index in [1.807, 2.05) is 60.0 Å². The molecular weight excluding hydrogens is 405 g/mol. The van der Waals surface area contributed by atoms with Gasteiger partial charge in [0.1, 0.15) is 0 Å². The third kappa shape index (κ3) is 4.43. The predicted molar refractivity (Wildman–Crippen MR) is 123 cm³/mol. The minimum absolute atomic E-state index is 0.220. The molecule has 2 aromatic carbocycles. The molecule has 0 bridgehead atoms. The van der Waals surface area contributed by atoms with Gasteiger partial charge in [0.15, 0.2) is 11.6 Å². The van der Waals surface area contributed by atoms with Crippen molar-refractivity contribution in [2.75, 3.05) is 14.2 Å². The number of hydrogen-bond donors (Lipinski definition) is 0. The van der Waals surface area contributed by atoms with E-state index in [9.17, 15) is 4.39 Å². The Bertz CT molecular complexity index is 1240. The highest BCUT2D eigenvalue weighted by molar-refractivity contribution is 5.64. The van der Waals surface area contributed by atoms with Gasteiger partial charge in [0, 0.05) is 49.2 Å². The lowest BCUT2D eigenvalue weighted by Crippen LogP contribution is -2.17. The molecule has 0 atom stereocenters. The minimum Gasteiger partial charge on any atom is -0.494 e. The summed E-state index contributed by atoms with van der Waals surface area (Å²) in [5, 5.41) is 9.29. The number of aryl methyl sites for hydroxylation is 3. The first-order valence-corrected chi connectivity index (χ1v) is 10.5. The topological polar surface area (TPSA) is 48.1 Å². The fraction of sp³-hybridized carbons (Fsp3) is 0.280. The van der Waals surface area contributed by atoms with Crippen LogP contribution in [0.25, 0.3) is 16.9 Å². The van der Waals surface area contributed by atoms with E-state index >= 15 is 0 Å². The van der Waals surface area contributed by atoms with E-state index in [1.54, 1.807) is 6.07 Å². The smallest absolute Gasteiger partial charge is 0.165 e. The van der Waals surface area contributed by atoms with E-state index in [4.69, 9.17) is 9.84 Å². The molecule has 0 aliphatic rings. The van der Waals surface area contributed by atoms with Crippen molar-refractivity contribution in [3.63, 3.8) is 0 Å². The van der Waals surface area contributed by atoms with Crippen LogP contribution in [0.5, 0.6) is 5.75 Å². The van der Waals surface area contributed by atoms with Gasteiger partial charge < -0.3 is 4.74 Å². The highest BCUT2D eigenvalue weighted by Gasteiger charge is 2.17. The number of nitrogens with zero attached hydrogens (tertiary/aromatic N) is 5. The first-order valence-electron chi connectivity index (χ1n) is 10.5. The van der Waals surface area contributed by atoms with Crippen LogP contribution in [0.4, 0.5) is 4.39 Å². The van der Waals surface area contributed by atoms with E-state index in [0.717, 1.165) is 40.3 Å². The fourth-order valence-electron chi connectivity index (χ4n) is 3.97. The average Bonchev–Trinajstić information content (AvgIpc) is 3.30. The number of methoxy groups -OCH3 is 1. The molecule has 4 rings (SSSR count). The van der Waals surface area contributed by atoms with Crippen molar-refractivity contribution in [2.45, 2.75) is 26.9 Å². The summed E-state index contributed by atoms with van der Waals surface area (Å²) in [5.74, 6) is -0.182. The van der Waals surface area contributed by atoms with Gasteiger partial charge in [0.25, 0.3) is 0 Å². The SMILES string of the molecule is COc1ccc(-c2nn(-c3ccccc3C)cc2CN(C)Cc2cn(C)nc2C)cc1F. The monoisotopic (exact) mass is 433 g/mol. The van der Waals surface area contributed by atoms with Crippen LogP contribution in [0, 0.1) is 19.7 Å². The molecule has 0 aliphatic heterocycles. The molecule has 166 valence electrons. The highest BCUT2D eigenvalue weighted by atomic mass is 19.1. The molecule has 7 heteroatoms. The Morgan fingerprint density at radius 1 is 1.00 bits per heavy atom. The summed E-state index contributed by atoms with van der Waals surface area (Å²) in [6.07, 6.45) is 4.08. The minimum atomic E-state index is -0.402. The molecule has 0 aliphatic carbocycles. The van der Waals surface area contributed by atoms with Crippen molar-refractivity contribution >= 4 is 0 Å². The lowest BCUT2D eigenvalue weighted by molar-refractivity contribution is 0.318. The van der Waals surface area contributed by atoms with Crippen LogP contribution in [0.15, 0.2) is 54.9 Å². The van der Waals surface area contributed by atoms with Gasteiger partial charge in [0.05, 0.1) is 24.2 Å². The molecule has 0 amide bonds. The molecule has 0 unspecified atom stereocenters. The number of halogens is 1. The standard InChI is InChI=1S/C25H28FN5O/c1-17-8-6-7-9-23(17)31-16-21(14-29(3)13-20-15-30(4)27-18(20)2)25(28-31)19-10-11-24(32-5)22(26)12-19/h6-12,15-16H,13-14H2,1-5H3. The van der Waals surface area contributed by atoms with E-state index in [0.29, 0.717) is 6.54 Å². The molecule has 0 radical (unpaired) electrons. The van der Waals surface area contributed by atoms with Crippen LogP contribution < -0.4 is 4.74 Å². The van der Waals surface area contributed by atoms with Crippen LogP contribution in [0.3, 0.4) is 0 Å². The first kappa shape index (κ1) is 21.8. The van der Waals surface area contributed by atoms with Crippen molar-refractivity contribution < 1.29 is 9.13 Å². The van der Waals surface area contributed by atoms with Crippen molar-refractivity contribution in [3.05, 3.63) is 83.1 Å². The zero-order chi connectivity index (χ0) is 22.8. The van der Waals surface area contributed by atoms with Crippen LogP contribution in [-0.2, 0) is 20.1 Å². The summed E-state index contributed by atoms with van der Waals surface area (Å²) < 4.78 is 23.3. The van der Waals surface area contributed by atoms with Gasteiger partial charge in [-0.1, -0.05) is 18.2 Å².